The molecule has 0 saturated heterocycles. The number of nitrogens with zero attached hydrogens (tertiary/aromatic N) is 3. The molecule has 0 aliphatic heterocycles. The molecule has 0 aliphatic rings. The van der Waals surface area contributed by atoms with Crippen molar-refractivity contribution >= 4 is 27.5 Å². The van der Waals surface area contributed by atoms with Crippen molar-refractivity contribution in [3.63, 3.8) is 0 Å². The Balaban J connectivity index is 1.92. The number of carboxylic acids is 1. The minimum absolute atomic E-state index is 0.220. The van der Waals surface area contributed by atoms with Crippen LogP contribution in [0.1, 0.15) is 37.4 Å². The van der Waals surface area contributed by atoms with Crippen molar-refractivity contribution in [1.82, 2.24) is 14.6 Å². The fraction of sp³-hybridized carbons (Fsp3) is 0.208. The van der Waals surface area contributed by atoms with Crippen molar-refractivity contribution in [2.45, 2.75) is 31.6 Å². The average molecular weight is 464 g/mol. The zero-order chi connectivity index (χ0) is 21.3. The topological polar surface area (TPSA) is 67.5 Å². The van der Waals surface area contributed by atoms with Crippen LogP contribution in [0.4, 0.5) is 0 Å². The molecule has 2 atom stereocenters. The summed E-state index contributed by atoms with van der Waals surface area (Å²) in [4.78, 5) is 17.2. The molecule has 0 amide bonds. The first-order valence-corrected chi connectivity index (χ1v) is 10.6. The number of hydrogen-bond acceptors (Lipinski definition) is 3. The Kier molecular flexibility index (Phi) is 5.43. The van der Waals surface area contributed by atoms with Crippen LogP contribution in [0.15, 0.2) is 77.5 Å². The van der Waals surface area contributed by atoms with E-state index in [1.54, 1.807) is 29.9 Å². The highest BCUT2D eigenvalue weighted by Gasteiger charge is 2.45. The van der Waals surface area contributed by atoms with Gasteiger partial charge in [0.1, 0.15) is 5.41 Å². The second-order valence-corrected chi connectivity index (χ2v) is 8.43. The van der Waals surface area contributed by atoms with Crippen LogP contribution in [0, 0.1) is 0 Å². The van der Waals surface area contributed by atoms with Gasteiger partial charge in [0.15, 0.2) is 5.65 Å². The van der Waals surface area contributed by atoms with Crippen LogP contribution >= 0.6 is 15.9 Å². The van der Waals surface area contributed by atoms with E-state index in [1.807, 2.05) is 61.5 Å². The highest BCUT2D eigenvalue weighted by Crippen LogP contribution is 2.42. The van der Waals surface area contributed by atoms with Gasteiger partial charge in [0.2, 0.25) is 0 Å². The van der Waals surface area contributed by atoms with E-state index < -0.39 is 11.4 Å². The summed E-state index contributed by atoms with van der Waals surface area (Å²) in [5.41, 5.74) is 2.91. The molecule has 2 heterocycles. The number of rotatable bonds is 6. The zero-order valence-electron chi connectivity index (χ0n) is 16.8. The standard InChI is InChI=1S/C24H22BrN3O2/c1-3-20(17-7-5-4-6-8-17)24(2,23(29)30)21-13-14-26-22-19(15-27-28(21)22)16-9-11-18(25)12-10-16/h4-15,20H,3H2,1-2H3,(H,29,30)/t20?,24-/m1/s1. The molecule has 0 saturated carbocycles. The number of benzene rings is 2. The minimum atomic E-state index is -1.18. The third-order valence-corrected chi connectivity index (χ3v) is 6.37. The maximum absolute atomic E-state index is 12.7. The number of halogens is 1. The Bertz CT molecular complexity index is 1190. The molecule has 0 aliphatic carbocycles. The Morgan fingerprint density at radius 1 is 1.13 bits per heavy atom. The van der Waals surface area contributed by atoms with Crippen LogP contribution in [-0.4, -0.2) is 25.7 Å². The van der Waals surface area contributed by atoms with Crippen molar-refractivity contribution in [3.8, 4) is 11.1 Å². The van der Waals surface area contributed by atoms with Crippen molar-refractivity contribution < 1.29 is 9.90 Å². The summed E-state index contributed by atoms with van der Waals surface area (Å²) >= 11 is 3.46. The van der Waals surface area contributed by atoms with Crippen molar-refractivity contribution in [2.24, 2.45) is 0 Å². The van der Waals surface area contributed by atoms with Crippen LogP contribution in [0.2, 0.25) is 0 Å². The Hall–Kier alpha value is -2.99. The third kappa shape index (κ3) is 3.31. The summed E-state index contributed by atoms with van der Waals surface area (Å²) in [5.74, 6) is -1.10. The van der Waals surface area contributed by atoms with Crippen molar-refractivity contribution in [1.29, 1.82) is 0 Å². The molecule has 4 aromatic rings. The average Bonchev–Trinajstić information content (AvgIpc) is 3.19. The van der Waals surface area contributed by atoms with Crippen molar-refractivity contribution in [3.05, 3.63) is 88.8 Å². The summed E-state index contributed by atoms with van der Waals surface area (Å²) in [6.45, 7) is 3.81. The molecule has 4 rings (SSSR count). The number of aliphatic carboxylic acids is 1. The lowest BCUT2D eigenvalue weighted by atomic mass is 9.69. The lowest BCUT2D eigenvalue weighted by molar-refractivity contribution is -0.144. The van der Waals surface area contributed by atoms with Gasteiger partial charge in [0.05, 0.1) is 11.9 Å². The molecule has 2 aromatic carbocycles. The van der Waals surface area contributed by atoms with Gasteiger partial charge in [-0.3, -0.25) is 4.79 Å². The summed E-state index contributed by atoms with van der Waals surface area (Å²) in [7, 11) is 0. The van der Waals surface area contributed by atoms with Crippen LogP contribution in [0.3, 0.4) is 0 Å². The molecule has 0 radical (unpaired) electrons. The molecule has 152 valence electrons. The molecule has 6 heteroatoms. The zero-order valence-corrected chi connectivity index (χ0v) is 18.4. The Labute approximate surface area is 183 Å². The van der Waals surface area contributed by atoms with Gasteiger partial charge in [-0.15, -0.1) is 0 Å². The molecule has 0 spiro atoms. The molecular formula is C24H22BrN3O2. The van der Waals surface area contributed by atoms with Gasteiger partial charge in [-0.2, -0.15) is 5.10 Å². The highest BCUT2D eigenvalue weighted by atomic mass is 79.9. The van der Waals surface area contributed by atoms with Gasteiger partial charge < -0.3 is 5.11 Å². The molecular weight excluding hydrogens is 442 g/mol. The lowest BCUT2D eigenvalue weighted by Gasteiger charge is -2.34. The summed E-state index contributed by atoms with van der Waals surface area (Å²) in [6.07, 6.45) is 4.10. The molecule has 0 fully saturated rings. The first-order valence-electron chi connectivity index (χ1n) is 9.84. The predicted molar refractivity (Wildman–Crippen MR) is 121 cm³/mol. The third-order valence-electron chi connectivity index (χ3n) is 5.84. The largest absolute Gasteiger partial charge is 0.481 e. The van der Waals surface area contributed by atoms with Gasteiger partial charge in [0.25, 0.3) is 0 Å². The number of carboxylic acid groups (broad SMARTS) is 1. The highest BCUT2D eigenvalue weighted by molar-refractivity contribution is 9.10. The van der Waals surface area contributed by atoms with Gasteiger partial charge in [0, 0.05) is 22.2 Å². The first kappa shape index (κ1) is 20.3. The second kappa shape index (κ2) is 8.03. The van der Waals surface area contributed by atoms with E-state index in [2.05, 4.69) is 26.0 Å². The van der Waals surface area contributed by atoms with E-state index in [0.717, 1.165) is 21.2 Å². The summed E-state index contributed by atoms with van der Waals surface area (Å²) in [6, 6.07) is 19.5. The summed E-state index contributed by atoms with van der Waals surface area (Å²) < 4.78 is 2.67. The number of hydrogen-bond donors (Lipinski definition) is 1. The lowest BCUT2D eigenvalue weighted by Crippen LogP contribution is -2.40. The normalized spacial score (nSPS) is 14.4. The quantitative estimate of drug-likeness (QED) is 0.398. The Morgan fingerprint density at radius 3 is 2.47 bits per heavy atom. The maximum atomic E-state index is 12.7. The Morgan fingerprint density at radius 2 is 1.83 bits per heavy atom. The smallest absolute Gasteiger partial charge is 0.316 e. The minimum Gasteiger partial charge on any atom is -0.481 e. The molecule has 2 aromatic heterocycles. The van der Waals surface area contributed by atoms with E-state index in [9.17, 15) is 9.90 Å². The molecule has 30 heavy (non-hydrogen) atoms. The van der Waals surface area contributed by atoms with Crippen LogP contribution in [0.5, 0.6) is 0 Å². The van der Waals surface area contributed by atoms with E-state index >= 15 is 0 Å². The van der Waals surface area contributed by atoms with Gasteiger partial charge in [-0.05, 0) is 42.7 Å². The fourth-order valence-corrected chi connectivity index (χ4v) is 4.48. The summed E-state index contributed by atoms with van der Waals surface area (Å²) in [5, 5.41) is 15.0. The van der Waals surface area contributed by atoms with E-state index in [1.165, 1.54) is 0 Å². The molecule has 0 bridgehead atoms. The van der Waals surface area contributed by atoms with E-state index in [4.69, 9.17) is 0 Å². The number of carbonyl (C=O) groups is 1. The number of aromatic nitrogens is 3. The van der Waals surface area contributed by atoms with Crippen LogP contribution in [0.25, 0.3) is 16.8 Å². The molecule has 1 unspecified atom stereocenters. The SMILES string of the molecule is CCC(c1ccccc1)[C@@](C)(C(=O)O)c1ccnc2c(-c3ccc(Br)cc3)cnn12. The fourth-order valence-electron chi connectivity index (χ4n) is 4.22. The molecule has 1 N–H and O–H groups in total. The van der Waals surface area contributed by atoms with Crippen molar-refractivity contribution in [2.75, 3.05) is 0 Å². The number of fused-ring (bicyclic) bond motifs is 1. The van der Waals surface area contributed by atoms with E-state index in [0.29, 0.717) is 17.8 Å². The predicted octanol–water partition coefficient (Wildman–Crippen LogP) is 5.69. The van der Waals surface area contributed by atoms with Crippen LogP contribution in [-0.2, 0) is 10.2 Å². The second-order valence-electron chi connectivity index (χ2n) is 7.51. The van der Waals surface area contributed by atoms with Gasteiger partial charge in [-0.1, -0.05) is 65.3 Å². The molecule has 5 nitrogen and oxygen atoms in total. The maximum Gasteiger partial charge on any atom is 0.316 e. The van der Waals surface area contributed by atoms with Gasteiger partial charge >= 0.3 is 5.97 Å². The first-order chi connectivity index (χ1) is 14.5. The van der Waals surface area contributed by atoms with Gasteiger partial charge in [-0.25, -0.2) is 9.50 Å². The monoisotopic (exact) mass is 463 g/mol. The van der Waals surface area contributed by atoms with E-state index in [-0.39, 0.29) is 5.92 Å². The van der Waals surface area contributed by atoms with Crippen LogP contribution < -0.4 is 0 Å².